The van der Waals surface area contributed by atoms with Gasteiger partial charge in [-0.2, -0.15) is 0 Å². The fourth-order valence-electron chi connectivity index (χ4n) is 1.67. The minimum Gasteiger partial charge on any atom is -0.377 e. The van der Waals surface area contributed by atoms with Crippen molar-refractivity contribution in [1.82, 2.24) is 10.6 Å². The van der Waals surface area contributed by atoms with Gasteiger partial charge in [0.05, 0.1) is 0 Å². The first kappa shape index (κ1) is 19.9. The van der Waals surface area contributed by atoms with Crippen LogP contribution >= 0.6 is 0 Å². The maximum Gasteiger partial charge on any atom is 0.414 e. The Labute approximate surface area is 129 Å². The van der Waals surface area contributed by atoms with Crippen molar-refractivity contribution in [3.63, 3.8) is 0 Å². The van der Waals surface area contributed by atoms with Gasteiger partial charge in [0.25, 0.3) is 0 Å². The van der Waals surface area contributed by atoms with Crippen LogP contribution < -0.4 is 10.6 Å². The molecule has 0 aromatic carbocycles. The third-order valence-corrected chi connectivity index (χ3v) is 2.62. The summed E-state index contributed by atoms with van der Waals surface area (Å²) in [4.78, 5) is 42.9. The van der Waals surface area contributed by atoms with Gasteiger partial charge in [-0.05, 0) is 12.8 Å². The van der Waals surface area contributed by atoms with Crippen LogP contribution in [0.3, 0.4) is 0 Å². The molecule has 0 heterocycles. The highest BCUT2D eigenvalue weighted by Crippen LogP contribution is 2.04. The van der Waals surface area contributed by atoms with Crippen LogP contribution in [0.2, 0.25) is 0 Å². The van der Waals surface area contributed by atoms with Gasteiger partial charge in [-0.25, -0.2) is 9.59 Å². The molecule has 2 N–H and O–H groups in total. The lowest BCUT2D eigenvalue weighted by atomic mass is 10.1. The SMILES string of the molecule is CC(=O)OC(=O)NCCCCCCCCNC(=O)OC(C)=O. The van der Waals surface area contributed by atoms with E-state index in [-0.39, 0.29) is 0 Å². The molecule has 0 aromatic rings. The van der Waals surface area contributed by atoms with Gasteiger partial charge in [0.1, 0.15) is 0 Å². The minimum atomic E-state index is -0.712. The van der Waals surface area contributed by atoms with Gasteiger partial charge < -0.3 is 20.1 Å². The standard InChI is InChI=1S/C14H24N2O6/c1-11(17)21-13(19)15-9-7-5-3-4-6-8-10-16-14(20)22-12(2)18/h3-10H2,1-2H3,(H,15,19)(H,16,20). The molecule has 0 unspecified atom stereocenters. The summed E-state index contributed by atoms with van der Waals surface area (Å²) in [5, 5.41) is 4.96. The van der Waals surface area contributed by atoms with Crippen LogP contribution in [0.4, 0.5) is 9.59 Å². The first-order chi connectivity index (χ1) is 10.4. The van der Waals surface area contributed by atoms with E-state index in [4.69, 9.17) is 0 Å². The number of alkyl carbamates (subject to hydrolysis) is 2. The molecule has 0 aromatic heterocycles. The maximum absolute atomic E-state index is 11.0. The van der Waals surface area contributed by atoms with E-state index in [1.807, 2.05) is 0 Å². The first-order valence-corrected chi connectivity index (χ1v) is 7.34. The second kappa shape index (κ2) is 12.6. The number of rotatable bonds is 9. The summed E-state index contributed by atoms with van der Waals surface area (Å²) in [5.74, 6) is -1.25. The molecule has 8 nitrogen and oxygen atoms in total. The van der Waals surface area contributed by atoms with Crippen LogP contribution in [0.5, 0.6) is 0 Å². The molecule has 0 aliphatic rings. The molecule has 0 bridgehead atoms. The molecule has 0 rings (SSSR count). The van der Waals surface area contributed by atoms with E-state index in [2.05, 4.69) is 20.1 Å². The highest BCUT2D eigenvalue weighted by atomic mass is 16.6. The van der Waals surface area contributed by atoms with Crippen LogP contribution in [-0.4, -0.2) is 37.2 Å². The molecule has 0 spiro atoms. The van der Waals surface area contributed by atoms with Crippen molar-refractivity contribution in [1.29, 1.82) is 0 Å². The molecule has 0 atom stereocenters. The molecule has 0 aliphatic carbocycles. The van der Waals surface area contributed by atoms with Crippen molar-refractivity contribution in [2.24, 2.45) is 0 Å². The molecule has 126 valence electrons. The smallest absolute Gasteiger partial charge is 0.377 e. The Bertz CT molecular complexity index is 348. The quantitative estimate of drug-likeness (QED) is 0.381. The largest absolute Gasteiger partial charge is 0.414 e. The van der Waals surface area contributed by atoms with Crippen LogP contribution in [-0.2, 0) is 19.1 Å². The summed E-state index contributed by atoms with van der Waals surface area (Å²) in [5.41, 5.74) is 0. The third-order valence-electron chi connectivity index (χ3n) is 2.62. The Hall–Kier alpha value is -2.12. The minimum absolute atomic E-state index is 0.477. The Balaban J connectivity index is 3.27. The first-order valence-electron chi connectivity index (χ1n) is 7.34. The fourth-order valence-corrected chi connectivity index (χ4v) is 1.67. The van der Waals surface area contributed by atoms with E-state index in [1.165, 1.54) is 13.8 Å². The average molecular weight is 316 g/mol. The van der Waals surface area contributed by atoms with Crippen molar-refractivity contribution < 1.29 is 28.7 Å². The molecule has 0 radical (unpaired) electrons. The highest BCUT2D eigenvalue weighted by molar-refractivity contribution is 5.83. The van der Waals surface area contributed by atoms with E-state index in [1.54, 1.807) is 0 Å². The number of hydrogen-bond acceptors (Lipinski definition) is 6. The van der Waals surface area contributed by atoms with Gasteiger partial charge in [0.15, 0.2) is 0 Å². The second-order valence-corrected chi connectivity index (χ2v) is 4.74. The van der Waals surface area contributed by atoms with Crippen molar-refractivity contribution >= 4 is 24.1 Å². The zero-order valence-corrected chi connectivity index (χ0v) is 13.1. The normalized spacial score (nSPS) is 9.73. The topological polar surface area (TPSA) is 111 Å². The number of esters is 2. The Morgan fingerprint density at radius 3 is 1.27 bits per heavy atom. The van der Waals surface area contributed by atoms with Crippen LogP contribution in [0.1, 0.15) is 52.4 Å². The summed E-state index contributed by atoms with van der Waals surface area (Å²) >= 11 is 0. The predicted octanol–water partition coefficient (Wildman–Crippen LogP) is 1.87. The van der Waals surface area contributed by atoms with E-state index in [0.29, 0.717) is 13.1 Å². The molecular weight excluding hydrogens is 292 g/mol. The van der Waals surface area contributed by atoms with Crippen LogP contribution in [0.15, 0.2) is 0 Å². The zero-order chi connectivity index (χ0) is 16.8. The zero-order valence-electron chi connectivity index (χ0n) is 13.1. The van der Waals surface area contributed by atoms with E-state index in [9.17, 15) is 19.2 Å². The molecule has 8 heteroatoms. The van der Waals surface area contributed by atoms with Crippen molar-refractivity contribution in [2.75, 3.05) is 13.1 Å². The van der Waals surface area contributed by atoms with E-state index in [0.717, 1.165) is 38.5 Å². The van der Waals surface area contributed by atoms with Gasteiger partial charge in [0.2, 0.25) is 0 Å². The molecule has 22 heavy (non-hydrogen) atoms. The summed E-state index contributed by atoms with van der Waals surface area (Å²) in [7, 11) is 0. The summed E-state index contributed by atoms with van der Waals surface area (Å²) in [6.45, 7) is 3.30. The maximum atomic E-state index is 11.0. The van der Waals surface area contributed by atoms with Crippen LogP contribution in [0.25, 0.3) is 0 Å². The number of ether oxygens (including phenoxy) is 2. The molecule has 0 saturated heterocycles. The number of carbonyl (C=O) groups excluding carboxylic acids is 4. The lowest BCUT2D eigenvalue weighted by Crippen LogP contribution is -2.27. The Morgan fingerprint density at radius 1 is 0.636 bits per heavy atom. The molecule has 2 amide bonds. The highest BCUT2D eigenvalue weighted by Gasteiger charge is 2.04. The number of amides is 2. The molecular formula is C14H24N2O6. The van der Waals surface area contributed by atoms with E-state index < -0.39 is 24.1 Å². The van der Waals surface area contributed by atoms with Crippen LogP contribution in [0, 0.1) is 0 Å². The Morgan fingerprint density at radius 2 is 0.955 bits per heavy atom. The van der Waals surface area contributed by atoms with Gasteiger partial charge in [0, 0.05) is 26.9 Å². The van der Waals surface area contributed by atoms with Gasteiger partial charge in [-0.1, -0.05) is 25.7 Å². The van der Waals surface area contributed by atoms with Crippen molar-refractivity contribution in [3.05, 3.63) is 0 Å². The lowest BCUT2D eigenvalue weighted by Gasteiger charge is -2.05. The number of nitrogens with one attached hydrogen (secondary N) is 2. The van der Waals surface area contributed by atoms with Gasteiger partial charge in [-0.3, -0.25) is 9.59 Å². The van der Waals surface area contributed by atoms with Crippen molar-refractivity contribution in [2.45, 2.75) is 52.4 Å². The molecule has 0 aliphatic heterocycles. The fraction of sp³-hybridized carbons (Fsp3) is 0.714. The number of unbranched alkanes of at least 4 members (excludes halogenated alkanes) is 5. The second-order valence-electron chi connectivity index (χ2n) is 4.74. The Kier molecular flexibility index (Phi) is 11.4. The number of carbonyl (C=O) groups is 4. The van der Waals surface area contributed by atoms with Gasteiger partial charge in [-0.15, -0.1) is 0 Å². The average Bonchev–Trinajstić information content (AvgIpc) is 2.39. The summed E-state index contributed by atoms with van der Waals surface area (Å²) in [6, 6.07) is 0. The predicted molar refractivity (Wildman–Crippen MR) is 78.0 cm³/mol. The molecule has 0 fully saturated rings. The lowest BCUT2D eigenvalue weighted by molar-refractivity contribution is -0.135. The monoisotopic (exact) mass is 316 g/mol. The van der Waals surface area contributed by atoms with Crippen molar-refractivity contribution in [3.8, 4) is 0 Å². The molecule has 0 saturated carbocycles. The summed E-state index contributed by atoms with van der Waals surface area (Å²) < 4.78 is 8.62. The summed E-state index contributed by atoms with van der Waals surface area (Å²) in [6.07, 6.45) is 4.15. The number of hydrogen-bond donors (Lipinski definition) is 2. The van der Waals surface area contributed by atoms with E-state index >= 15 is 0 Å². The third kappa shape index (κ3) is 14.3. The van der Waals surface area contributed by atoms with Gasteiger partial charge >= 0.3 is 24.1 Å².